The fraction of sp³-hybridized carbons (Fsp3) is 0.115. The van der Waals surface area contributed by atoms with E-state index in [1.165, 1.54) is 31.0 Å². The van der Waals surface area contributed by atoms with Crippen LogP contribution in [0.15, 0.2) is 72.8 Å². The van der Waals surface area contributed by atoms with Crippen molar-refractivity contribution in [2.45, 2.75) is 6.61 Å². The Balaban J connectivity index is 1.76. The molecular weight excluding hydrogens is 475 g/mol. The Kier molecular flexibility index (Phi) is 7.12. The van der Waals surface area contributed by atoms with Crippen molar-refractivity contribution in [1.82, 2.24) is 9.78 Å². The summed E-state index contributed by atoms with van der Waals surface area (Å²) in [6.07, 6.45) is 0. The number of aromatic nitrogens is 2. The van der Waals surface area contributed by atoms with Crippen molar-refractivity contribution in [3.8, 4) is 22.7 Å². The van der Waals surface area contributed by atoms with Gasteiger partial charge in [0.05, 0.1) is 19.9 Å². The third-order valence-electron chi connectivity index (χ3n) is 5.17. The van der Waals surface area contributed by atoms with E-state index in [2.05, 4.69) is 5.10 Å². The fourth-order valence-corrected chi connectivity index (χ4v) is 3.59. The van der Waals surface area contributed by atoms with E-state index in [0.717, 1.165) is 5.56 Å². The van der Waals surface area contributed by atoms with Gasteiger partial charge in [-0.05, 0) is 48.0 Å². The molecule has 0 fully saturated rings. The van der Waals surface area contributed by atoms with Crippen LogP contribution in [-0.4, -0.2) is 35.9 Å². The van der Waals surface area contributed by atoms with Gasteiger partial charge in [0.15, 0.2) is 17.3 Å². The van der Waals surface area contributed by atoms with Crippen molar-refractivity contribution < 1.29 is 28.2 Å². The highest BCUT2D eigenvalue weighted by molar-refractivity contribution is 6.30. The van der Waals surface area contributed by atoms with Crippen molar-refractivity contribution in [2.24, 2.45) is 0 Å². The number of esters is 2. The van der Waals surface area contributed by atoms with Crippen LogP contribution in [0.3, 0.4) is 0 Å². The molecule has 4 rings (SSSR count). The summed E-state index contributed by atoms with van der Waals surface area (Å²) in [5.74, 6) is -2.26. The van der Waals surface area contributed by atoms with Crippen LogP contribution in [0.2, 0.25) is 5.02 Å². The molecule has 0 unspecified atom stereocenters. The zero-order valence-corrected chi connectivity index (χ0v) is 19.6. The molecule has 9 heteroatoms. The number of halogens is 2. The van der Waals surface area contributed by atoms with Crippen LogP contribution in [0.5, 0.6) is 5.75 Å². The number of benzene rings is 3. The highest BCUT2D eigenvalue weighted by Gasteiger charge is 2.31. The number of para-hydroxylation sites is 1. The minimum absolute atomic E-state index is 0.0130. The van der Waals surface area contributed by atoms with Gasteiger partial charge < -0.3 is 14.2 Å². The molecule has 35 heavy (non-hydrogen) atoms. The number of nitrogens with zero attached hydrogens (tertiary/aromatic N) is 2. The second kappa shape index (κ2) is 10.4. The molecular formula is C26H20ClFN2O5. The zero-order valence-electron chi connectivity index (χ0n) is 18.8. The van der Waals surface area contributed by atoms with Gasteiger partial charge in [-0.15, -0.1) is 0 Å². The average molecular weight is 495 g/mol. The van der Waals surface area contributed by atoms with E-state index in [9.17, 15) is 14.0 Å². The molecule has 0 spiro atoms. The van der Waals surface area contributed by atoms with Crippen molar-refractivity contribution in [1.29, 1.82) is 0 Å². The number of ether oxygens (including phenoxy) is 3. The van der Waals surface area contributed by atoms with Crippen LogP contribution in [0, 0.1) is 5.82 Å². The van der Waals surface area contributed by atoms with Crippen molar-refractivity contribution in [3.05, 3.63) is 100 Å². The minimum atomic E-state index is -0.814. The maximum absolute atomic E-state index is 15.0. The Bertz CT molecular complexity index is 1370. The van der Waals surface area contributed by atoms with Gasteiger partial charge in [0, 0.05) is 10.6 Å². The highest BCUT2D eigenvalue weighted by atomic mass is 35.5. The van der Waals surface area contributed by atoms with Gasteiger partial charge in [0.2, 0.25) is 0 Å². The number of carbonyl (C=O) groups is 2. The number of hydrogen-bond donors (Lipinski definition) is 0. The normalized spacial score (nSPS) is 10.6. The largest absolute Gasteiger partial charge is 0.486 e. The zero-order chi connectivity index (χ0) is 24.9. The van der Waals surface area contributed by atoms with Crippen LogP contribution in [-0.2, 0) is 16.1 Å². The first-order valence-electron chi connectivity index (χ1n) is 10.4. The van der Waals surface area contributed by atoms with Crippen molar-refractivity contribution >= 4 is 23.5 Å². The number of rotatable bonds is 7. The van der Waals surface area contributed by atoms with E-state index in [1.807, 2.05) is 0 Å². The second-order valence-electron chi connectivity index (χ2n) is 7.36. The molecule has 4 aromatic rings. The molecule has 0 aliphatic rings. The molecule has 0 N–H and O–H groups in total. The lowest BCUT2D eigenvalue weighted by Crippen LogP contribution is -2.15. The summed E-state index contributed by atoms with van der Waals surface area (Å²) in [4.78, 5) is 25.4. The van der Waals surface area contributed by atoms with Gasteiger partial charge in [-0.1, -0.05) is 41.9 Å². The lowest BCUT2D eigenvalue weighted by Gasteiger charge is -2.09. The van der Waals surface area contributed by atoms with E-state index in [-0.39, 0.29) is 34.9 Å². The van der Waals surface area contributed by atoms with Gasteiger partial charge in [0.1, 0.15) is 17.9 Å². The van der Waals surface area contributed by atoms with Crippen LogP contribution < -0.4 is 4.74 Å². The standard InChI is InChI=1S/C26H20ClFN2O5/c1-33-25(31)22-23(29-30(24(22)26(32)34-2)19-6-4-3-5-7-19)17-10-13-21(20(28)14-17)35-15-16-8-11-18(27)12-9-16/h3-14H,15H2,1-2H3. The topological polar surface area (TPSA) is 79.7 Å². The quantitative estimate of drug-likeness (QED) is 0.316. The first-order valence-corrected chi connectivity index (χ1v) is 10.8. The summed E-state index contributed by atoms with van der Waals surface area (Å²) in [6, 6.07) is 19.9. The monoisotopic (exact) mass is 494 g/mol. The van der Waals surface area contributed by atoms with E-state index >= 15 is 0 Å². The van der Waals surface area contributed by atoms with Crippen LogP contribution in [0.1, 0.15) is 26.4 Å². The van der Waals surface area contributed by atoms with Gasteiger partial charge >= 0.3 is 11.9 Å². The maximum atomic E-state index is 15.0. The maximum Gasteiger partial charge on any atom is 0.357 e. The molecule has 1 heterocycles. The average Bonchev–Trinajstić information content (AvgIpc) is 3.29. The summed E-state index contributed by atoms with van der Waals surface area (Å²) < 4.78 is 31.7. The fourth-order valence-electron chi connectivity index (χ4n) is 3.46. The predicted octanol–water partition coefficient (Wildman–Crippen LogP) is 5.48. The van der Waals surface area contributed by atoms with Gasteiger partial charge in [-0.25, -0.2) is 18.7 Å². The molecule has 1 aromatic heterocycles. The molecule has 0 aliphatic heterocycles. The Morgan fingerprint density at radius 3 is 2.26 bits per heavy atom. The minimum Gasteiger partial charge on any atom is -0.486 e. The number of carbonyl (C=O) groups excluding carboxylic acids is 2. The third kappa shape index (κ3) is 5.02. The Labute approximate surface area is 205 Å². The van der Waals surface area contributed by atoms with Crippen LogP contribution in [0.4, 0.5) is 4.39 Å². The Morgan fingerprint density at radius 2 is 1.63 bits per heavy atom. The molecule has 7 nitrogen and oxygen atoms in total. The highest BCUT2D eigenvalue weighted by Crippen LogP contribution is 2.32. The third-order valence-corrected chi connectivity index (χ3v) is 5.42. The van der Waals surface area contributed by atoms with Gasteiger partial charge in [-0.2, -0.15) is 5.10 Å². The lowest BCUT2D eigenvalue weighted by molar-refractivity contribution is 0.0549. The molecule has 178 valence electrons. The summed E-state index contributed by atoms with van der Waals surface area (Å²) in [7, 11) is 2.37. The lowest BCUT2D eigenvalue weighted by atomic mass is 10.1. The van der Waals surface area contributed by atoms with Gasteiger partial charge in [0.25, 0.3) is 0 Å². The molecule has 0 bridgehead atoms. The van der Waals surface area contributed by atoms with Crippen LogP contribution >= 0.6 is 11.6 Å². The van der Waals surface area contributed by atoms with Crippen molar-refractivity contribution in [2.75, 3.05) is 14.2 Å². The van der Waals surface area contributed by atoms with E-state index in [1.54, 1.807) is 60.7 Å². The first kappa shape index (κ1) is 24.0. The molecule has 0 amide bonds. The Hall–Kier alpha value is -4.17. The SMILES string of the molecule is COC(=O)c1c(-c2ccc(OCc3ccc(Cl)cc3)c(F)c2)nn(-c2ccccc2)c1C(=O)OC. The molecule has 0 atom stereocenters. The van der Waals surface area contributed by atoms with Gasteiger partial charge in [-0.3, -0.25) is 0 Å². The molecule has 0 saturated heterocycles. The summed E-state index contributed by atoms with van der Waals surface area (Å²) in [5, 5.41) is 5.05. The Morgan fingerprint density at radius 1 is 0.943 bits per heavy atom. The number of methoxy groups -OCH3 is 2. The summed E-state index contributed by atoms with van der Waals surface area (Å²) in [5.41, 5.74) is 1.36. The summed E-state index contributed by atoms with van der Waals surface area (Å²) in [6.45, 7) is 0.135. The molecule has 3 aromatic carbocycles. The van der Waals surface area contributed by atoms with E-state index in [0.29, 0.717) is 10.7 Å². The molecule has 0 radical (unpaired) electrons. The first-order chi connectivity index (χ1) is 16.9. The van der Waals surface area contributed by atoms with Crippen molar-refractivity contribution in [3.63, 3.8) is 0 Å². The molecule has 0 saturated carbocycles. The molecule has 0 aliphatic carbocycles. The van der Waals surface area contributed by atoms with Crippen LogP contribution in [0.25, 0.3) is 16.9 Å². The smallest absolute Gasteiger partial charge is 0.357 e. The summed E-state index contributed by atoms with van der Waals surface area (Å²) >= 11 is 5.89. The van der Waals surface area contributed by atoms with E-state index < -0.39 is 17.8 Å². The second-order valence-corrected chi connectivity index (χ2v) is 7.80. The van der Waals surface area contributed by atoms with E-state index in [4.69, 9.17) is 25.8 Å². The predicted molar refractivity (Wildman–Crippen MR) is 127 cm³/mol. The number of hydrogen-bond acceptors (Lipinski definition) is 6.